The fourth-order valence-corrected chi connectivity index (χ4v) is 2.40. The maximum Gasteiger partial charge on any atom is 0.229 e. The topological polar surface area (TPSA) is 16.8 Å². The Morgan fingerprint density at radius 2 is 1.71 bits per heavy atom. The molecule has 1 aromatic carbocycles. The summed E-state index contributed by atoms with van der Waals surface area (Å²) in [6.45, 7) is 2.09. The normalized spacial score (nSPS) is 10.0. The van der Waals surface area contributed by atoms with Gasteiger partial charge in [0.25, 0.3) is 0 Å². The van der Waals surface area contributed by atoms with Crippen LogP contribution in [0.4, 0.5) is 0 Å². The van der Waals surface area contributed by atoms with Gasteiger partial charge in [-0.15, -0.1) is 0 Å². The number of pyridine rings is 2. The number of rotatable bonds is 2. The van der Waals surface area contributed by atoms with E-state index in [0.29, 0.717) is 0 Å². The van der Waals surface area contributed by atoms with E-state index in [1.54, 1.807) is 0 Å². The van der Waals surface area contributed by atoms with Gasteiger partial charge >= 0.3 is 0 Å². The van der Waals surface area contributed by atoms with E-state index in [4.69, 9.17) is 0 Å². The van der Waals surface area contributed by atoms with Crippen LogP contribution in [0.15, 0.2) is 71.5 Å². The zero-order chi connectivity index (χ0) is 13.9. The predicted molar refractivity (Wildman–Crippen MR) is 83.6 cm³/mol. The van der Waals surface area contributed by atoms with Gasteiger partial charge in [-0.05, 0) is 18.2 Å². The molecule has 0 aliphatic rings. The standard InChI is InChI=1S/C17H14BrN2.BrH/c1-13-4-2-3-11-20(13)16-9-10-17(19-12-16)14-5-7-15(18)8-6-14;/h2-12H,1H3;1H/q+1;/p-1. The van der Waals surface area contributed by atoms with Gasteiger partial charge in [-0.25, -0.2) is 4.98 Å². The summed E-state index contributed by atoms with van der Waals surface area (Å²) in [5, 5.41) is 0. The molecule has 0 N–H and O–H groups in total. The lowest BCUT2D eigenvalue weighted by atomic mass is 10.1. The Labute approximate surface area is 143 Å². The van der Waals surface area contributed by atoms with Crippen molar-refractivity contribution in [3.05, 3.63) is 77.2 Å². The Morgan fingerprint density at radius 3 is 2.33 bits per heavy atom. The molecule has 3 rings (SSSR count). The van der Waals surface area contributed by atoms with E-state index in [-0.39, 0.29) is 17.0 Å². The lowest BCUT2D eigenvalue weighted by molar-refractivity contribution is -0.602. The van der Waals surface area contributed by atoms with Crippen LogP contribution < -0.4 is 21.5 Å². The zero-order valence-corrected chi connectivity index (χ0v) is 14.7. The third-order valence-electron chi connectivity index (χ3n) is 3.23. The summed E-state index contributed by atoms with van der Waals surface area (Å²) in [4.78, 5) is 4.56. The molecular weight excluding hydrogens is 392 g/mol. The molecule has 2 nitrogen and oxygen atoms in total. The van der Waals surface area contributed by atoms with Crippen molar-refractivity contribution in [1.29, 1.82) is 0 Å². The number of aryl methyl sites for hydroxylation is 1. The minimum atomic E-state index is 0. The maximum absolute atomic E-state index is 4.56. The van der Waals surface area contributed by atoms with Crippen LogP contribution in [-0.4, -0.2) is 4.98 Å². The van der Waals surface area contributed by atoms with Crippen LogP contribution in [0.3, 0.4) is 0 Å². The molecule has 0 fully saturated rings. The van der Waals surface area contributed by atoms with Crippen LogP contribution in [0.2, 0.25) is 0 Å². The van der Waals surface area contributed by atoms with E-state index < -0.39 is 0 Å². The predicted octanol–water partition coefficient (Wildman–Crippen LogP) is 1.10. The number of halogens is 2. The highest BCUT2D eigenvalue weighted by molar-refractivity contribution is 9.10. The molecule has 0 amide bonds. The minimum absolute atomic E-state index is 0. The third-order valence-corrected chi connectivity index (χ3v) is 3.76. The van der Waals surface area contributed by atoms with Crippen molar-refractivity contribution in [2.24, 2.45) is 0 Å². The first-order valence-electron chi connectivity index (χ1n) is 6.44. The summed E-state index contributed by atoms with van der Waals surface area (Å²) in [5.41, 5.74) is 4.36. The summed E-state index contributed by atoms with van der Waals surface area (Å²) in [6, 6.07) is 18.5. The molecule has 0 spiro atoms. The minimum Gasteiger partial charge on any atom is -1.00 e. The van der Waals surface area contributed by atoms with E-state index in [9.17, 15) is 0 Å². The van der Waals surface area contributed by atoms with Crippen molar-refractivity contribution in [3.63, 3.8) is 0 Å². The molecule has 0 saturated carbocycles. The van der Waals surface area contributed by atoms with Gasteiger partial charge in [-0.1, -0.05) is 34.1 Å². The number of aromatic nitrogens is 2. The van der Waals surface area contributed by atoms with Crippen molar-refractivity contribution in [2.45, 2.75) is 6.92 Å². The molecule has 4 heteroatoms. The van der Waals surface area contributed by atoms with Crippen LogP contribution >= 0.6 is 15.9 Å². The fourth-order valence-electron chi connectivity index (χ4n) is 2.14. The van der Waals surface area contributed by atoms with Gasteiger partial charge in [0.1, 0.15) is 0 Å². The summed E-state index contributed by atoms with van der Waals surface area (Å²) in [6.07, 6.45) is 3.95. The molecule has 2 aromatic heterocycles. The first-order valence-corrected chi connectivity index (χ1v) is 7.23. The zero-order valence-electron chi connectivity index (χ0n) is 11.5. The Hall–Kier alpha value is -1.52. The van der Waals surface area contributed by atoms with Crippen molar-refractivity contribution >= 4 is 15.9 Å². The monoisotopic (exact) mass is 404 g/mol. The summed E-state index contributed by atoms with van der Waals surface area (Å²) < 4.78 is 3.20. The van der Waals surface area contributed by atoms with Crippen LogP contribution in [0.25, 0.3) is 16.9 Å². The van der Waals surface area contributed by atoms with Crippen molar-refractivity contribution in [1.82, 2.24) is 4.98 Å². The summed E-state index contributed by atoms with van der Waals surface area (Å²) in [5.74, 6) is 0. The largest absolute Gasteiger partial charge is 1.00 e. The SMILES string of the molecule is Cc1cccc[n+]1-c1ccc(-c2ccc(Br)cc2)nc1.[Br-]. The second-order valence-corrected chi connectivity index (χ2v) is 5.54. The van der Waals surface area contributed by atoms with Gasteiger partial charge in [0.2, 0.25) is 5.69 Å². The molecule has 0 aliphatic heterocycles. The molecule has 3 aromatic rings. The number of hydrogen-bond acceptors (Lipinski definition) is 1. The average molecular weight is 406 g/mol. The molecule has 2 heterocycles. The van der Waals surface area contributed by atoms with Gasteiger partial charge in [0.05, 0.1) is 11.9 Å². The highest BCUT2D eigenvalue weighted by Gasteiger charge is 2.09. The molecule has 0 unspecified atom stereocenters. The Bertz CT molecular complexity index is 723. The van der Waals surface area contributed by atoms with Gasteiger partial charge < -0.3 is 17.0 Å². The van der Waals surface area contributed by atoms with Crippen molar-refractivity contribution in [2.75, 3.05) is 0 Å². The molecule has 0 saturated heterocycles. The lowest BCUT2D eigenvalue weighted by Gasteiger charge is -2.02. The molecule has 0 bridgehead atoms. The molecule has 0 radical (unpaired) electrons. The number of hydrogen-bond donors (Lipinski definition) is 0. The molecule has 0 atom stereocenters. The average Bonchev–Trinajstić information content (AvgIpc) is 2.49. The second-order valence-electron chi connectivity index (χ2n) is 4.62. The molecule has 21 heavy (non-hydrogen) atoms. The smallest absolute Gasteiger partial charge is 0.229 e. The molecule has 106 valence electrons. The molecule has 0 aliphatic carbocycles. The Balaban J connectivity index is 0.00000161. The highest BCUT2D eigenvalue weighted by Crippen LogP contribution is 2.20. The van der Waals surface area contributed by atoms with Crippen LogP contribution in [-0.2, 0) is 0 Å². The Morgan fingerprint density at radius 1 is 0.952 bits per heavy atom. The van der Waals surface area contributed by atoms with E-state index in [1.165, 1.54) is 5.69 Å². The fraction of sp³-hybridized carbons (Fsp3) is 0.0588. The third kappa shape index (κ3) is 3.57. The number of nitrogens with zero attached hydrogens (tertiary/aromatic N) is 2. The maximum atomic E-state index is 4.56. The van der Waals surface area contributed by atoms with Crippen LogP contribution in [0.5, 0.6) is 0 Å². The van der Waals surface area contributed by atoms with E-state index in [2.05, 4.69) is 62.7 Å². The lowest BCUT2D eigenvalue weighted by Crippen LogP contribution is -3.00. The van der Waals surface area contributed by atoms with Gasteiger partial charge in [0, 0.05) is 35.2 Å². The van der Waals surface area contributed by atoms with Gasteiger partial charge in [-0.3, -0.25) is 0 Å². The summed E-state index contributed by atoms with van der Waals surface area (Å²) >= 11 is 3.44. The first-order chi connectivity index (χ1) is 9.74. The quantitative estimate of drug-likeness (QED) is 0.583. The second kappa shape index (κ2) is 6.96. The van der Waals surface area contributed by atoms with Crippen molar-refractivity contribution < 1.29 is 21.5 Å². The van der Waals surface area contributed by atoms with Gasteiger partial charge in [0.15, 0.2) is 11.9 Å². The van der Waals surface area contributed by atoms with Crippen LogP contribution in [0.1, 0.15) is 5.69 Å². The Kier molecular flexibility index (Phi) is 5.26. The number of benzene rings is 1. The van der Waals surface area contributed by atoms with E-state index in [0.717, 1.165) is 21.4 Å². The highest BCUT2D eigenvalue weighted by atomic mass is 79.9. The summed E-state index contributed by atoms with van der Waals surface area (Å²) in [7, 11) is 0. The molecular formula is C17H14Br2N2. The first kappa shape index (κ1) is 15.9. The van der Waals surface area contributed by atoms with E-state index >= 15 is 0 Å². The van der Waals surface area contributed by atoms with Crippen molar-refractivity contribution in [3.8, 4) is 16.9 Å². The van der Waals surface area contributed by atoms with E-state index in [1.807, 2.05) is 36.7 Å². The van der Waals surface area contributed by atoms with Crippen LogP contribution in [0, 0.1) is 6.92 Å². The van der Waals surface area contributed by atoms with Gasteiger partial charge in [-0.2, -0.15) is 4.57 Å².